The van der Waals surface area contributed by atoms with Crippen molar-refractivity contribution in [3.05, 3.63) is 17.5 Å². The van der Waals surface area contributed by atoms with Crippen LogP contribution in [0.5, 0.6) is 0 Å². The number of aromatic nitrogens is 2. The van der Waals surface area contributed by atoms with Crippen LogP contribution in [0.15, 0.2) is 6.20 Å². The zero-order valence-corrected chi connectivity index (χ0v) is 10.1. The van der Waals surface area contributed by atoms with Gasteiger partial charge in [0, 0.05) is 24.8 Å². The summed E-state index contributed by atoms with van der Waals surface area (Å²) in [7, 11) is 0. The van der Waals surface area contributed by atoms with Crippen LogP contribution in [0.3, 0.4) is 0 Å². The fourth-order valence-corrected chi connectivity index (χ4v) is 2.59. The maximum Gasteiger partial charge on any atom is 0.354 e. The lowest BCUT2D eigenvalue weighted by Gasteiger charge is -2.19. The molecule has 2 heterocycles. The van der Waals surface area contributed by atoms with Gasteiger partial charge in [-0.2, -0.15) is 5.10 Å². The van der Waals surface area contributed by atoms with E-state index in [1.165, 1.54) is 12.8 Å². The molecule has 2 atom stereocenters. The third-order valence-electron chi connectivity index (χ3n) is 3.71. The Kier molecular flexibility index (Phi) is 3.05. The molecule has 1 aromatic heterocycles. The zero-order chi connectivity index (χ0) is 12.5. The van der Waals surface area contributed by atoms with E-state index < -0.39 is 5.97 Å². The average Bonchev–Trinajstić information content (AvgIpc) is 2.92. The van der Waals surface area contributed by atoms with Crippen molar-refractivity contribution in [2.45, 2.75) is 38.0 Å². The van der Waals surface area contributed by atoms with E-state index in [0.717, 1.165) is 13.0 Å². The average molecular weight is 251 g/mol. The van der Waals surface area contributed by atoms with Gasteiger partial charge in [-0.15, -0.1) is 0 Å². The minimum absolute atomic E-state index is 0.171. The molecule has 6 nitrogen and oxygen atoms in total. The van der Waals surface area contributed by atoms with E-state index in [1.807, 2.05) is 0 Å². The SMILES string of the molecule is O=C(O)c1[nH]ncc1CNC1CCOC1C1CC1. The number of rotatable bonds is 5. The van der Waals surface area contributed by atoms with Gasteiger partial charge < -0.3 is 15.2 Å². The molecule has 6 heteroatoms. The van der Waals surface area contributed by atoms with E-state index in [4.69, 9.17) is 9.84 Å². The molecular weight excluding hydrogens is 234 g/mol. The number of aromatic amines is 1. The highest BCUT2D eigenvalue weighted by Crippen LogP contribution is 2.38. The van der Waals surface area contributed by atoms with Crippen molar-refractivity contribution in [2.24, 2.45) is 5.92 Å². The first-order valence-corrected chi connectivity index (χ1v) is 6.36. The van der Waals surface area contributed by atoms with Crippen LogP contribution in [0.1, 0.15) is 35.3 Å². The van der Waals surface area contributed by atoms with Gasteiger partial charge in [-0.3, -0.25) is 5.10 Å². The molecule has 0 aromatic carbocycles. The summed E-state index contributed by atoms with van der Waals surface area (Å²) in [5, 5.41) is 18.7. The van der Waals surface area contributed by atoms with Gasteiger partial charge in [0.2, 0.25) is 0 Å². The first-order valence-electron chi connectivity index (χ1n) is 6.36. The monoisotopic (exact) mass is 251 g/mol. The summed E-state index contributed by atoms with van der Waals surface area (Å²) in [4.78, 5) is 10.9. The lowest BCUT2D eigenvalue weighted by Crippen LogP contribution is -2.37. The van der Waals surface area contributed by atoms with Gasteiger partial charge in [0.05, 0.1) is 12.3 Å². The molecule has 0 spiro atoms. The summed E-state index contributed by atoms with van der Waals surface area (Å²) in [6.45, 7) is 1.32. The van der Waals surface area contributed by atoms with Crippen molar-refractivity contribution < 1.29 is 14.6 Å². The highest BCUT2D eigenvalue weighted by molar-refractivity contribution is 5.86. The normalized spacial score (nSPS) is 27.6. The molecule has 0 bridgehead atoms. The molecule has 3 N–H and O–H groups in total. The van der Waals surface area contributed by atoms with Crippen molar-refractivity contribution in [2.75, 3.05) is 6.61 Å². The highest BCUT2D eigenvalue weighted by atomic mass is 16.5. The molecule has 1 aliphatic carbocycles. The molecule has 1 aromatic rings. The van der Waals surface area contributed by atoms with Gasteiger partial charge in [-0.05, 0) is 25.2 Å². The number of hydrogen-bond donors (Lipinski definition) is 3. The Labute approximate surface area is 105 Å². The maximum absolute atomic E-state index is 10.9. The Morgan fingerprint density at radius 1 is 1.56 bits per heavy atom. The molecule has 98 valence electrons. The third kappa shape index (κ3) is 2.26. The van der Waals surface area contributed by atoms with Crippen LogP contribution in [0.4, 0.5) is 0 Å². The van der Waals surface area contributed by atoms with Crippen molar-refractivity contribution in [1.82, 2.24) is 15.5 Å². The second kappa shape index (κ2) is 4.70. The Morgan fingerprint density at radius 3 is 3.11 bits per heavy atom. The van der Waals surface area contributed by atoms with Crippen molar-refractivity contribution in [1.29, 1.82) is 0 Å². The summed E-state index contributed by atoms with van der Waals surface area (Å²) in [5.41, 5.74) is 0.869. The minimum atomic E-state index is -0.967. The second-order valence-electron chi connectivity index (χ2n) is 5.02. The summed E-state index contributed by atoms with van der Waals surface area (Å²) in [6.07, 6.45) is 5.40. The molecule has 3 rings (SSSR count). The second-order valence-corrected chi connectivity index (χ2v) is 5.02. The van der Waals surface area contributed by atoms with Gasteiger partial charge >= 0.3 is 5.97 Å². The lowest BCUT2D eigenvalue weighted by atomic mass is 10.1. The van der Waals surface area contributed by atoms with Crippen LogP contribution in [0, 0.1) is 5.92 Å². The van der Waals surface area contributed by atoms with Crippen molar-refractivity contribution in [3.8, 4) is 0 Å². The fourth-order valence-electron chi connectivity index (χ4n) is 2.59. The quantitative estimate of drug-likeness (QED) is 0.719. The van der Waals surface area contributed by atoms with Crippen LogP contribution in [-0.2, 0) is 11.3 Å². The topological polar surface area (TPSA) is 87.2 Å². The van der Waals surface area contributed by atoms with Gasteiger partial charge in [0.15, 0.2) is 0 Å². The molecule has 0 amide bonds. The van der Waals surface area contributed by atoms with Crippen LogP contribution in [0.25, 0.3) is 0 Å². The van der Waals surface area contributed by atoms with E-state index in [9.17, 15) is 4.79 Å². The molecule has 2 fully saturated rings. The minimum Gasteiger partial charge on any atom is -0.477 e. The lowest BCUT2D eigenvalue weighted by molar-refractivity contribution is 0.0688. The van der Waals surface area contributed by atoms with E-state index in [1.54, 1.807) is 6.20 Å². The highest BCUT2D eigenvalue weighted by Gasteiger charge is 2.40. The smallest absolute Gasteiger partial charge is 0.354 e. The maximum atomic E-state index is 10.9. The molecule has 1 saturated heterocycles. The fraction of sp³-hybridized carbons (Fsp3) is 0.667. The number of carboxylic acids is 1. The van der Waals surface area contributed by atoms with Gasteiger partial charge in [0.1, 0.15) is 5.69 Å². The molecule has 1 aliphatic heterocycles. The van der Waals surface area contributed by atoms with Crippen molar-refractivity contribution >= 4 is 5.97 Å². The van der Waals surface area contributed by atoms with E-state index >= 15 is 0 Å². The summed E-state index contributed by atoms with van der Waals surface area (Å²) < 4.78 is 5.73. The molecule has 0 radical (unpaired) electrons. The predicted molar refractivity (Wildman–Crippen MR) is 63.3 cm³/mol. The third-order valence-corrected chi connectivity index (χ3v) is 3.71. The first-order chi connectivity index (χ1) is 8.75. The van der Waals surface area contributed by atoms with Crippen LogP contribution >= 0.6 is 0 Å². The van der Waals surface area contributed by atoms with E-state index in [-0.39, 0.29) is 5.69 Å². The van der Waals surface area contributed by atoms with Crippen molar-refractivity contribution in [3.63, 3.8) is 0 Å². The van der Waals surface area contributed by atoms with Crippen LogP contribution in [0.2, 0.25) is 0 Å². The predicted octanol–water partition coefficient (Wildman–Crippen LogP) is 0.765. The number of H-pyrrole nitrogens is 1. The van der Waals surface area contributed by atoms with Gasteiger partial charge in [-0.1, -0.05) is 0 Å². The Morgan fingerprint density at radius 2 is 2.39 bits per heavy atom. The van der Waals surface area contributed by atoms with E-state index in [0.29, 0.717) is 30.2 Å². The van der Waals surface area contributed by atoms with Crippen LogP contribution in [-0.4, -0.2) is 40.0 Å². The number of hydrogen-bond acceptors (Lipinski definition) is 4. The molecule has 2 unspecified atom stereocenters. The standard InChI is InChI=1S/C12H17N3O3/c16-12(17)10-8(6-14-15-10)5-13-9-3-4-18-11(9)7-1-2-7/h6-7,9,11,13H,1-5H2,(H,14,15)(H,16,17). The molecular formula is C12H17N3O3. The number of nitrogens with one attached hydrogen (secondary N) is 2. The summed E-state index contributed by atoms with van der Waals surface area (Å²) >= 11 is 0. The van der Waals surface area contributed by atoms with Crippen LogP contribution < -0.4 is 5.32 Å². The van der Waals surface area contributed by atoms with E-state index in [2.05, 4.69) is 15.5 Å². The Bertz CT molecular complexity index is 442. The number of nitrogens with zero attached hydrogens (tertiary/aromatic N) is 1. The first kappa shape index (κ1) is 11.7. The number of ether oxygens (including phenoxy) is 1. The Hall–Kier alpha value is -1.40. The number of carboxylic acid groups (broad SMARTS) is 1. The zero-order valence-electron chi connectivity index (χ0n) is 10.1. The summed E-state index contributed by atoms with van der Waals surface area (Å²) in [5.74, 6) is -0.265. The summed E-state index contributed by atoms with van der Waals surface area (Å²) in [6, 6.07) is 0.342. The van der Waals surface area contributed by atoms with Gasteiger partial charge in [0.25, 0.3) is 0 Å². The number of carbonyl (C=O) groups is 1. The van der Waals surface area contributed by atoms with Gasteiger partial charge in [-0.25, -0.2) is 4.79 Å². The Balaban J connectivity index is 1.60. The largest absolute Gasteiger partial charge is 0.477 e. The molecule has 1 saturated carbocycles. The molecule has 2 aliphatic rings. The number of aromatic carboxylic acids is 1. The molecule has 18 heavy (non-hydrogen) atoms.